The van der Waals surface area contributed by atoms with Crippen LogP contribution in [0.2, 0.25) is 0 Å². The molecule has 4 nitrogen and oxygen atoms in total. The van der Waals surface area contributed by atoms with Gasteiger partial charge in [-0.2, -0.15) is 0 Å². The Bertz CT molecular complexity index is 689. The van der Waals surface area contributed by atoms with Gasteiger partial charge in [0.1, 0.15) is 16.5 Å². The zero-order chi connectivity index (χ0) is 15.1. The third-order valence-electron chi connectivity index (χ3n) is 4.83. The van der Waals surface area contributed by atoms with Crippen molar-refractivity contribution in [2.45, 2.75) is 63.8 Å². The summed E-state index contributed by atoms with van der Waals surface area (Å²) >= 11 is 1.86. The van der Waals surface area contributed by atoms with Gasteiger partial charge in [-0.1, -0.05) is 6.92 Å². The van der Waals surface area contributed by atoms with Crippen molar-refractivity contribution in [2.75, 3.05) is 11.9 Å². The Morgan fingerprint density at radius 1 is 1.27 bits per heavy atom. The number of hydrogen-bond acceptors (Lipinski definition) is 5. The van der Waals surface area contributed by atoms with E-state index in [1.54, 1.807) is 0 Å². The second-order valence-electron chi connectivity index (χ2n) is 6.53. The Morgan fingerprint density at radius 3 is 2.82 bits per heavy atom. The predicted octanol–water partition coefficient (Wildman–Crippen LogP) is 3.63. The van der Waals surface area contributed by atoms with Gasteiger partial charge in [-0.05, 0) is 50.5 Å². The van der Waals surface area contributed by atoms with E-state index in [1.165, 1.54) is 47.9 Å². The van der Waals surface area contributed by atoms with Gasteiger partial charge in [0.2, 0.25) is 0 Å². The fraction of sp³-hybridized carbons (Fsp3) is 0.647. The van der Waals surface area contributed by atoms with Crippen molar-refractivity contribution < 1.29 is 5.11 Å². The van der Waals surface area contributed by atoms with Crippen molar-refractivity contribution in [3.05, 3.63) is 16.3 Å². The topological polar surface area (TPSA) is 58.0 Å². The molecule has 1 saturated carbocycles. The number of nitrogens with zero attached hydrogens (tertiary/aromatic N) is 2. The SMILES string of the molecule is CC[C@H](CO)Nc1nc(C2CC2)nc2sc3c(c12)CCCC3. The molecule has 0 aliphatic heterocycles. The molecule has 0 aromatic carbocycles. The highest BCUT2D eigenvalue weighted by molar-refractivity contribution is 7.19. The molecule has 0 unspecified atom stereocenters. The summed E-state index contributed by atoms with van der Waals surface area (Å²) in [5, 5.41) is 14.3. The van der Waals surface area contributed by atoms with E-state index in [9.17, 15) is 5.11 Å². The molecule has 2 heterocycles. The zero-order valence-electron chi connectivity index (χ0n) is 13.1. The van der Waals surface area contributed by atoms with Gasteiger partial charge >= 0.3 is 0 Å². The molecule has 2 N–H and O–H groups in total. The molecule has 2 aromatic heterocycles. The molecule has 2 aliphatic carbocycles. The number of fused-ring (bicyclic) bond motifs is 3. The molecule has 0 bridgehead atoms. The molecule has 2 aliphatic rings. The standard InChI is InChI=1S/C17H23N3OS/c1-2-11(9-21)18-16-14-12-5-3-4-6-13(12)22-17(14)20-15(19-16)10-7-8-10/h10-11,21H,2-9H2,1H3,(H,18,19,20)/t11-/m1/s1. The average Bonchev–Trinajstić information content (AvgIpc) is 3.32. The summed E-state index contributed by atoms with van der Waals surface area (Å²) < 4.78 is 0. The van der Waals surface area contributed by atoms with Crippen LogP contribution in [0.4, 0.5) is 5.82 Å². The van der Waals surface area contributed by atoms with Crippen molar-refractivity contribution in [3.63, 3.8) is 0 Å². The molecular weight excluding hydrogens is 294 g/mol. The molecule has 0 amide bonds. The highest BCUT2D eigenvalue weighted by atomic mass is 32.1. The second kappa shape index (κ2) is 5.78. The van der Waals surface area contributed by atoms with Crippen molar-refractivity contribution in [1.29, 1.82) is 0 Å². The third kappa shape index (κ3) is 2.50. The van der Waals surface area contributed by atoms with Crippen LogP contribution in [0.5, 0.6) is 0 Å². The van der Waals surface area contributed by atoms with Crippen LogP contribution in [0.25, 0.3) is 10.2 Å². The fourth-order valence-corrected chi connectivity index (χ4v) is 4.54. The van der Waals surface area contributed by atoms with Gasteiger partial charge in [-0.3, -0.25) is 0 Å². The summed E-state index contributed by atoms with van der Waals surface area (Å²) in [6.45, 7) is 2.24. The minimum absolute atomic E-state index is 0.0734. The van der Waals surface area contributed by atoms with Crippen molar-refractivity contribution in [3.8, 4) is 0 Å². The number of aliphatic hydroxyl groups excluding tert-OH is 1. The Labute approximate surface area is 135 Å². The van der Waals surface area contributed by atoms with E-state index < -0.39 is 0 Å². The normalized spacial score (nSPS) is 19.2. The minimum Gasteiger partial charge on any atom is -0.394 e. The van der Waals surface area contributed by atoms with Gasteiger partial charge in [-0.25, -0.2) is 9.97 Å². The summed E-state index contributed by atoms with van der Waals surface area (Å²) in [7, 11) is 0. The molecular formula is C17H23N3OS. The minimum atomic E-state index is 0.0734. The Hall–Kier alpha value is -1.20. The maximum Gasteiger partial charge on any atom is 0.139 e. The highest BCUT2D eigenvalue weighted by Crippen LogP contribution is 2.43. The lowest BCUT2D eigenvalue weighted by atomic mass is 9.97. The number of anilines is 1. The summed E-state index contributed by atoms with van der Waals surface area (Å²) in [5.41, 5.74) is 1.46. The Balaban J connectivity index is 1.84. The lowest BCUT2D eigenvalue weighted by Gasteiger charge is -2.17. The molecule has 22 heavy (non-hydrogen) atoms. The summed E-state index contributed by atoms with van der Waals surface area (Å²) in [6.07, 6.45) is 8.21. The molecule has 0 saturated heterocycles. The number of nitrogens with one attached hydrogen (secondary N) is 1. The number of thiophene rings is 1. The first-order chi connectivity index (χ1) is 10.8. The van der Waals surface area contributed by atoms with Crippen molar-refractivity contribution in [2.24, 2.45) is 0 Å². The first kappa shape index (κ1) is 14.4. The lowest BCUT2D eigenvalue weighted by molar-refractivity contribution is 0.271. The van der Waals surface area contributed by atoms with Gasteiger partial charge in [0, 0.05) is 10.8 Å². The number of rotatable bonds is 5. The quantitative estimate of drug-likeness (QED) is 0.884. The zero-order valence-corrected chi connectivity index (χ0v) is 13.9. The molecule has 118 valence electrons. The van der Waals surface area contributed by atoms with E-state index in [0.717, 1.165) is 29.3 Å². The number of aryl methyl sites for hydroxylation is 2. The van der Waals surface area contributed by atoms with E-state index >= 15 is 0 Å². The average molecular weight is 317 g/mol. The molecule has 5 heteroatoms. The van der Waals surface area contributed by atoms with Gasteiger partial charge in [0.15, 0.2) is 0 Å². The van der Waals surface area contributed by atoms with Crippen LogP contribution in [-0.4, -0.2) is 27.7 Å². The highest BCUT2D eigenvalue weighted by Gasteiger charge is 2.29. The van der Waals surface area contributed by atoms with Crippen molar-refractivity contribution in [1.82, 2.24) is 9.97 Å². The van der Waals surface area contributed by atoms with Crippen LogP contribution in [0.15, 0.2) is 0 Å². The number of aliphatic hydroxyl groups is 1. The summed E-state index contributed by atoms with van der Waals surface area (Å²) in [5.74, 6) is 2.52. The van der Waals surface area contributed by atoms with Crippen LogP contribution in [0.3, 0.4) is 0 Å². The number of hydrogen-bond donors (Lipinski definition) is 2. The second-order valence-corrected chi connectivity index (χ2v) is 7.61. The van der Waals surface area contributed by atoms with Gasteiger partial charge in [0.25, 0.3) is 0 Å². The van der Waals surface area contributed by atoms with Crippen LogP contribution in [0, 0.1) is 0 Å². The van der Waals surface area contributed by atoms with Gasteiger partial charge in [0.05, 0.1) is 18.0 Å². The van der Waals surface area contributed by atoms with E-state index in [-0.39, 0.29) is 12.6 Å². The van der Waals surface area contributed by atoms with Crippen LogP contribution < -0.4 is 5.32 Å². The van der Waals surface area contributed by atoms with Crippen LogP contribution in [0.1, 0.15) is 61.2 Å². The largest absolute Gasteiger partial charge is 0.394 e. The maximum atomic E-state index is 9.54. The fourth-order valence-electron chi connectivity index (χ4n) is 3.27. The molecule has 1 fully saturated rings. The smallest absolute Gasteiger partial charge is 0.139 e. The molecule has 0 radical (unpaired) electrons. The maximum absolute atomic E-state index is 9.54. The number of aromatic nitrogens is 2. The van der Waals surface area contributed by atoms with Crippen LogP contribution in [-0.2, 0) is 12.8 Å². The van der Waals surface area contributed by atoms with Crippen LogP contribution >= 0.6 is 11.3 Å². The monoisotopic (exact) mass is 317 g/mol. The van der Waals surface area contributed by atoms with Crippen molar-refractivity contribution >= 4 is 27.4 Å². The van der Waals surface area contributed by atoms with E-state index in [1.807, 2.05) is 11.3 Å². The van der Waals surface area contributed by atoms with E-state index in [4.69, 9.17) is 9.97 Å². The first-order valence-corrected chi connectivity index (χ1v) is 9.31. The first-order valence-electron chi connectivity index (χ1n) is 8.49. The third-order valence-corrected chi connectivity index (χ3v) is 6.01. The van der Waals surface area contributed by atoms with E-state index in [2.05, 4.69) is 12.2 Å². The van der Waals surface area contributed by atoms with E-state index in [0.29, 0.717) is 5.92 Å². The Kier molecular flexibility index (Phi) is 3.78. The lowest BCUT2D eigenvalue weighted by Crippen LogP contribution is -2.23. The summed E-state index contributed by atoms with van der Waals surface area (Å²) in [4.78, 5) is 12.4. The Morgan fingerprint density at radius 2 is 2.09 bits per heavy atom. The molecule has 1 atom stereocenters. The summed E-state index contributed by atoms with van der Waals surface area (Å²) in [6, 6.07) is 0.0734. The molecule has 0 spiro atoms. The predicted molar refractivity (Wildman–Crippen MR) is 90.8 cm³/mol. The van der Waals surface area contributed by atoms with Gasteiger partial charge < -0.3 is 10.4 Å². The van der Waals surface area contributed by atoms with Gasteiger partial charge in [-0.15, -0.1) is 11.3 Å². The molecule has 4 rings (SSSR count). The molecule has 2 aromatic rings.